The van der Waals surface area contributed by atoms with Gasteiger partial charge in [0.2, 0.25) is 0 Å². The van der Waals surface area contributed by atoms with Crippen LogP contribution in [0.1, 0.15) is 30.9 Å². The highest BCUT2D eigenvalue weighted by Crippen LogP contribution is 2.26. The summed E-state index contributed by atoms with van der Waals surface area (Å²) in [5, 5.41) is 6.82. The Morgan fingerprint density at radius 3 is 2.75 bits per heavy atom. The van der Waals surface area contributed by atoms with E-state index in [9.17, 15) is 0 Å². The zero-order chi connectivity index (χ0) is 17.5. The molecule has 1 aliphatic carbocycles. The standard InChI is InChI=1S/C19H32N4O/c1-14-6-9-18(24-5)16(12-14)10-11-21-19(20-3)22-13-15(2)23(4)17-7-8-17/h6,9,12,15,17H,7-8,10-11,13H2,1-5H3,(H2,20,21,22). The van der Waals surface area contributed by atoms with Crippen molar-refractivity contribution < 1.29 is 4.74 Å². The predicted octanol–water partition coefficient (Wildman–Crippen LogP) is 2.19. The van der Waals surface area contributed by atoms with Gasteiger partial charge in [-0.25, -0.2) is 0 Å². The number of guanidine groups is 1. The van der Waals surface area contributed by atoms with Crippen molar-refractivity contribution in [3.8, 4) is 5.75 Å². The topological polar surface area (TPSA) is 48.9 Å². The van der Waals surface area contributed by atoms with Crippen LogP contribution >= 0.6 is 0 Å². The second kappa shape index (κ2) is 8.92. The van der Waals surface area contributed by atoms with Crippen molar-refractivity contribution in [1.29, 1.82) is 0 Å². The molecule has 1 aromatic rings. The fraction of sp³-hybridized carbons (Fsp3) is 0.632. The fourth-order valence-electron chi connectivity index (χ4n) is 2.87. The molecule has 1 aromatic carbocycles. The average Bonchev–Trinajstić information content (AvgIpc) is 3.42. The molecule has 1 atom stereocenters. The number of aliphatic imine (C=N–C) groups is 1. The minimum Gasteiger partial charge on any atom is -0.496 e. The number of likely N-dealkylation sites (N-methyl/N-ethyl adjacent to an activating group) is 1. The van der Waals surface area contributed by atoms with E-state index in [1.807, 2.05) is 13.1 Å². The zero-order valence-corrected chi connectivity index (χ0v) is 15.7. The highest BCUT2D eigenvalue weighted by atomic mass is 16.5. The van der Waals surface area contributed by atoms with Gasteiger partial charge in [-0.15, -0.1) is 0 Å². The van der Waals surface area contributed by atoms with Gasteiger partial charge in [-0.1, -0.05) is 17.7 Å². The van der Waals surface area contributed by atoms with E-state index in [1.54, 1.807) is 7.11 Å². The number of ether oxygens (including phenoxy) is 1. The number of nitrogens with zero attached hydrogens (tertiary/aromatic N) is 2. The molecule has 134 valence electrons. The molecule has 5 nitrogen and oxygen atoms in total. The van der Waals surface area contributed by atoms with E-state index in [0.717, 1.165) is 37.3 Å². The van der Waals surface area contributed by atoms with Crippen LogP contribution in [0.3, 0.4) is 0 Å². The molecule has 0 bridgehead atoms. The van der Waals surface area contributed by atoms with Crippen molar-refractivity contribution >= 4 is 5.96 Å². The van der Waals surface area contributed by atoms with E-state index < -0.39 is 0 Å². The van der Waals surface area contributed by atoms with Gasteiger partial charge in [0.15, 0.2) is 5.96 Å². The molecule has 5 heteroatoms. The van der Waals surface area contributed by atoms with Gasteiger partial charge in [-0.2, -0.15) is 0 Å². The van der Waals surface area contributed by atoms with E-state index in [0.29, 0.717) is 6.04 Å². The summed E-state index contributed by atoms with van der Waals surface area (Å²) in [7, 11) is 5.75. The first kappa shape index (κ1) is 18.6. The number of hydrogen-bond donors (Lipinski definition) is 2. The molecule has 0 aromatic heterocycles. The van der Waals surface area contributed by atoms with Crippen molar-refractivity contribution in [2.75, 3.05) is 34.3 Å². The lowest BCUT2D eigenvalue weighted by molar-refractivity contribution is 0.247. The van der Waals surface area contributed by atoms with Gasteiger partial charge < -0.3 is 15.4 Å². The number of nitrogens with one attached hydrogen (secondary N) is 2. The largest absolute Gasteiger partial charge is 0.496 e. The zero-order valence-electron chi connectivity index (χ0n) is 15.7. The van der Waals surface area contributed by atoms with E-state index in [4.69, 9.17) is 4.74 Å². The average molecular weight is 332 g/mol. The van der Waals surface area contributed by atoms with Crippen LogP contribution in [0.4, 0.5) is 0 Å². The molecular formula is C19H32N4O. The maximum Gasteiger partial charge on any atom is 0.191 e. The van der Waals surface area contributed by atoms with Crippen molar-refractivity contribution in [2.24, 2.45) is 4.99 Å². The minimum atomic E-state index is 0.507. The fourth-order valence-corrected chi connectivity index (χ4v) is 2.87. The number of hydrogen-bond acceptors (Lipinski definition) is 3. The van der Waals surface area contributed by atoms with Crippen LogP contribution in [0, 0.1) is 6.92 Å². The van der Waals surface area contributed by atoms with Crippen LogP contribution in [0.5, 0.6) is 5.75 Å². The second-order valence-electron chi connectivity index (χ2n) is 6.69. The lowest BCUT2D eigenvalue weighted by atomic mass is 10.1. The third-order valence-corrected chi connectivity index (χ3v) is 4.73. The third kappa shape index (κ3) is 5.41. The molecule has 2 N–H and O–H groups in total. The van der Waals surface area contributed by atoms with Crippen LogP contribution in [0.15, 0.2) is 23.2 Å². The van der Waals surface area contributed by atoms with Crippen LogP contribution < -0.4 is 15.4 Å². The Balaban J connectivity index is 1.76. The van der Waals surface area contributed by atoms with Gasteiger partial charge in [0.05, 0.1) is 7.11 Å². The highest BCUT2D eigenvalue weighted by molar-refractivity contribution is 5.79. The van der Waals surface area contributed by atoms with Gasteiger partial charge in [0.1, 0.15) is 5.75 Å². The lowest BCUT2D eigenvalue weighted by Gasteiger charge is -2.25. The number of aryl methyl sites for hydroxylation is 1. The molecule has 0 amide bonds. The molecule has 0 radical (unpaired) electrons. The Morgan fingerprint density at radius 2 is 2.12 bits per heavy atom. The highest BCUT2D eigenvalue weighted by Gasteiger charge is 2.28. The van der Waals surface area contributed by atoms with Crippen LogP contribution in [0.25, 0.3) is 0 Å². The SMILES string of the molecule is CN=C(NCCc1cc(C)ccc1OC)NCC(C)N(C)C1CC1. The predicted molar refractivity (Wildman–Crippen MR) is 101 cm³/mol. The van der Waals surface area contributed by atoms with Gasteiger partial charge in [-0.3, -0.25) is 9.89 Å². The van der Waals surface area contributed by atoms with E-state index in [2.05, 4.69) is 53.6 Å². The number of rotatable bonds is 8. The molecule has 1 unspecified atom stereocenters. The van der Waals surface area contributed by atoms with Gasteiger partial charge in [0, 0.05) is 32.2 Å². The second-order valence-corrected chi connectivity index (χ2v) is 6.69. The van der Waals surface area contributed by atoms with E-state index in [-0.39, 0.29) is 0 Å². The summed E-state index contributed by atoms with van der Waals surface area (Å²) in [6.45, 7) is 6.09. The first-order valence-corrected chi connectivity index (χ1v) is 8.85. The molecule has 0 aliphatic heterocycles. The van der Waals surface area contributed by atoms with Crippen molar-refractivity contribution in [3.63, 3.8) is 0 Å². The quantitative estimate of drug-likeness (QED) is 0.566. The van der Waals surface area contributed by atoms with E-state index >= 15 is 0 Å². The van der Waals surface area contributed by atoms with Crippen molar-refractivity contribution in [3.05, 3.63) is 29.3 Å². The molecule has 0 spiro atoms. The van der Waals surface area contributed by atoms with Crippen LogP contribution in [0.2, 0.25) is 0 Å². The Labute approximate surface area is 146 Å². The first-order valence-electron chi connectivity index (χ1n) is 8.85. The third-order valence-electron chi connectivity index (χ3n) is 4.73. The Morgan fingerprint density at radius 1 is 1.38 bits per heavy atom. The smallest absolute Gasteiger partial charge is 0.191 e. The summed E-state index contributed by atoms with van der Waals surface area (Å²) < 4.78 is 5.44. The minimum absolute atomic E-state index is 0.507. The van der Waals surface area contributed by atoms with Gasteiger partial charge in [-0.05, 0) is 51.8 Å². The molecule has 1 fully saturated rings. The summed E-state index contributed by atoms with van der Waals surface area (Å²) in [6, 6.07) is 7.59. The van der Waals surface area contributed by atoms with Gasteiger partial charge >= 0.3 is 0 Å². The maximum absolute atomic E-state index is 5.44. The van der Waals surface area contributed by atoms with Crippen molar-refractivity contribution in [1.82, 2.24) is 15.5 Å². The monoisotopic (exact) mass is 332 g/mol. The van der Waals surface area contributed by atoms with Gasteiger partial charge in [0.25, 0.3) is 0 Å². The molecule has 0 heterocycles. The van der Waals surface area contributed by atoms with E-state index in [1.165, 1.54) is 24.0 Å². The molecule has 0 saturated heterocycles. The summed E-state index contributed by atoms with van der Waals surface area (Å²) in [6.07, 6.45) is 3.58. The summed E-state index contributed by atoms with van der Waals surface area (Å²) >= 11 is 0. The summed E-state index contributed by atoms with van der Waals surface area (Å²) in [5.74, 6) is 1.81. The molecule has 2 rings (SSSR count). The van der Waals surface area contributed by atoms with Crippen LogP contribution in [-0.4, -0.2) is 57.2 Å². The molecule has 24 heavy (non-hydrogen) atoms. The Kier molecular flexibility index (Phi) is 6.91. The Hall–Kier alpha value is -1.75. The summed E-state index contributed by atoms with van der Waals surface area (Å²) in [4.78, 5) is 6.77. The number of benzene rings is 1. The first-order chi connectivity index (χ1) is 11.5. The lowest BCUT2D eigenvalue weighted by Crippen LogP contribution is -2.45. The van der Waals surface area contributed by atoms with Crippen LogP contribution in [-0.2, 0) is 6.42 Å². The Bertz CT molecular complexity index is 554. The summed E-state index contributed by atoms with van der Waals surface area (Å²) in [5.41, 5.74) is 2.48. The normalized spacial score (nSPS) is 16.2. The van der Waals surface area contributed by atoms with Crippen molar-refractivity contribution in [2.45, 2.75) is 45.2 Å². The molecular weight excluding hydrogens is 300 g/mol. The maximum atomic E-state index is 5.44. The molecule has 1 aliphatic rings. The number of methoxy groups -OCH3 is 1. The molecule has 1 saturated carbocycles.